The van der Waals surface area contributed by atoms with Gasteiger partial charge >= 0.3 is 0 Å². The molecule has 6 heteroatoms. The maximum atomic E-state index is 11.1. The van der Waals surface area contributed by atoms with Crippen molar-refractivity contribution in [3.8, 4) is 0 Å². The van der Waals surface area contributed by atoms with Crippen molar-refractivity contribution >= 4 is 33.3 Å². The maximum Gasteiger partial charge on any atom is 0.267 e. The molecular formula is C13H13BrN4O. The summed E-state index contributed by atoms with van der Waals surface area (Å²) in [5.74, 6) is -0.129. The molecule has 0 aliphatic rings. The molecule has 0 saturated heterocycles. The Bertz CT molecular complexity index is 615. The molecule has 98 valence electrons. The van der Waals surface area contributed by atoms with Crippen LogP contribution in [0.15, 0.2) is 40.9 Å². The van der Waals surface area contributed by atoms with Gasteiger partial charge in [0.2, 0.25) is 0 Å². The van der Waals surface area contributed by atoms with Gasteiger partial charge in [0.1, 0.15) is 11.5 Å². The van der Waals surface area contributed by atoms with Crippen molar-refractivity contribution in [2.45, 2.75) is 6.54 Å². The van der Waals surface area contributed by atoms with Crippen LogP contribution in [-0.4, -0.2) is 10.9 Å². The first-order chi connectivity index (χ1) is 9.08. The van der Waals surface area contributed by atoms with E-state index in [0.717, 1.165) is 10.0 Å². The number of carbonyl (C=O) groups excluding carboxylic acids is 1. The van der Waals surface area contributed by atoms with Crippen molar-refractivity contribution in [1.29, 1.82) is 0 Å². The van der Waals surface area contributed by atoms with E-state index in [9.17, 15) is 4.79 Å². The van der Waals surface area contributed by atoms with Gasteiger partial charge in [-0.25, -0.2) is 4.98 Å². The van der Waals surface area contributed by atoms with Gasteiger partial charge in [-0.2, -0.15) is 0 Å². The lowest BCUT2D eigenvalue weighted by Crippen LogP contribution is -2.15. The second-order valence-corrected chi connectivity index (χ2v) is 4.80. The van der Waals surface area contributed by atoms with Crippen molar-refractivity contribution in [1.82, 2.24) is 4.98 Å². The van der Waals surface area contributed by atoms with E-state index in [1.165, 1.54) is 6.07 Å². The van der Waals surface area contributed by atoms with Crippen LogP contribution in [0.4, 0.5) is 11.5 Å². The summed E-state index contributed by atoms with van der Waals surface area (Å²) < 4.78 is 0.993. The fourth-order valence-corrected chi connectivity index (χ4v) is 1.99. The number of hydrogen-bond acceptors (Lipinski definition) is 4. The number of hydrogen-bond donors (Lipinski definition) is 3. The maximum absolute atomic E-state index is 11.1. The minimum absolute atomic E-state index is 0.184. The third-order valence-electron chi connectivity index (χ3n) is 2.58. The van der Waals surface area contributed by atoms with Gasteiger partial charge < -0.3 is 16.8 Å². The predicted octanol–water partition coefficient (Wildman–Crippen LogP) is 2.14. The minimum atomic E-state index is -0.580. The number of benzene rings is 1. The molecule has 19 heavy (non-hydrogen) atoms. The van der Waals surface area contributed by atoms with E-state index in [0.29, 0.717) is 18.1 Å². The molecule has 0 radical (unpaired) electrons. The molecule has 0 aliphatic heterocycles. The van der Waals surface area contributed by atoms with E-state index in [1.807, 2.05) is 24.3 Å². The summed E-state index contributed by atoms with van der Waals surface area (Å²) in [5.41, 5.74) is 12.7. The predicted molar refractivity (Wildman–Crippen MR) is 78.6 cm³/mol. The van der Waals surface area contributed by atoms with Gasteiger partial charge in [-0.1, -0.05) is 34.1 Å². The van der Waals surface area contributed by atoms with Gasteiger partial charge in [0.15, 0.2) is 0 Å². The second-order valence-electron chi connectivity index (χ2n) is 3.94. The fraction of sp³-hybridized carbons (Fsp3) is 0.0769. The zero-order chi connectivity index (χ0) is 13.8. The van der Waals surface area contributed by atoms with Crippen molar-refractivity contribution in [3.05, 3.63) is 52.1 Å². The van der Waals surface area contributed by atoms with Crippen LogP contribution in [0.1, 0.15) is 16.1 Å². The number of halogens is 1. The van der Waals surface area contributed by atoms with E-state index < -0.39 is 5.91 Å². The largest absolute Gasteiger partial charge is 0.396 e. The van der Waals surface area contributed by atoms with Crippen LogP contribution in [0.3, 0.4) is 0 Å². The molecule has 1 aromatic heterocycles. The number of nitrogens with one attached hydrogen (secondary N) is 1. The Kier molecular flexibility index (Phi) is 4.01. The Morgan fingerprint density at radius 1 is 1.26 bits per heavy atom. The lowest BCUT2D eigenvalue weighted by molar-refractivity contribution is 0.0996. The normalized spacial score (nSPS) is 10.2. The molecule has 1 heterocycles. The molecule has 0 unspecified atom stereocenters. The molecule has 2 aromatic rings. The highest BCUT2D eigenvalue weighted by molar-refractivity contribution is 9.10. The zero-order valence-corrected chi connectivity index (χ0v) is 11.6. The highest BCUT2D eigenvalue weighted by Gasteiger charge is 2.07. The molecule has 0 saturated carbocycles. The summed E-state index contributed by atoms with van der Waals surface area (Å²) in [6.45, 7) is 0.542. The van der Waals surface area contributed by atoms with Crippen LogP contribution >= 0.6 is 15.9 Å². The van der Waals surface area contributed by atoms with Crippen LogP contribution in [0.5, 0.6) is 0 Å². The Balaban J connectivity index is 2.17. The van der Waals surface area contributed by atoms with Crippen molar-refractivity contribution in [2.24, 2.45) is 5.73 Å². The Morgan fingerprint density at radius 3 is 2.68 bits per heavy atom. The summed E-state index contributed by atoms with van der Waals surface area (Å²) in [6, 6.07) is 10.9. The molecular weight excluding hydrogens is 308 g/mol. The molecule has 0 aliphatic carbocycles. The van der Waals surface area contributed by atoms with Crippen LogP contribution in [0, 0.1) is 0 Å². The van der Waals surface area contributed by atoms with Gasteiger partial charge in [-0.15, -0.1) is 0 Å². The third kappa shape index (κ3) is 3.23. The number of amides is 1. The molecule has 0 atom stereocenters. The summed E-state index contributed by atoms with van der Waals surface area (Å²) in [7, 11) is 0. The number of primary amides is 1. The zero-order valence-electron chi connectivity index (χ0n) is 10.1. The van der Waals surface area contributed by atoms with Gasteiger partial charge in [0.05, 0.1) is 5.69 Å². The van der Waals surface area contributed by atoms with Crippen LogP contribution in [0.2, 0.25) is 0 Å². The number of pyridine rings is 1. The Hall–Kier alpha value is -2.08. The third-order valence-corrected chi connectivity index (χ3v) is 3.36. The Labute approximate surface area is 119 Å². The van der Waals surface area contributed by atoms with Crippen molar-refractivity contribution in [2.75, 3.05) is 11.1 Å². The van der Waals surface area contributed by atoms with Crippen LogP contribution in [0.25, 0.3) is 0 Å². The van der Waals surface area contributed by atoms with E-state index in [1.54, 1.807) is 6.07 Å². The highest BCUT2D eigenvalue weighted by Crippen LogP contribution is 2.20. The monoisotopic (exact) mass is 320 g/mol. The molecule has 5 N–H and O–H groups in total. The molecule has 0 fully saturated rings. The molecule has 0 bridgehead atoms. The molecule has 5 nitrogen and oxygen atoms in total. The number of rotatable bonds is 4. The first-order valence-electron chi connectivity index (χ1n) is 5.61. The van der Waals surface area contributed by atoms with E-state index in [4.69, 9.17) is 11.5 Å². The van der Waals surface area contributed by atoms with Crippen LogP contribution < -0.4 is 16.8 Å². The topological polar surface area (TPSA) is 94.0 Å². The van der Waals surface area contributed by atoms with Gasteiger partial charge in [0, 0.05) is 11.0 Å². The molecule has 1 aromatic carbocycles. The number of carbonyl (C=O) groups is 1. The average molecular weight is 321 g/mol. The summed E-state index contributed by atoms with van der Waals surface area (Å²) in [6.07, 6.45) is 0. The number of anilines is 2. The van der Waals surface area contributed by atoms with Crippen molar-refractivity contribution in [3.63, 3.8) is 0 Å². The lowest BCUT2D eigenvalue weighted by Gasteiger charge is -2.10. The van der Waals surface area contributed by atoms with Gasteiger partial charge in [0.25, 0.3) is 5.91 Å². The smallest absolute Gasteiger partial charge is 0.267 e. The van der Waals surface area contributed by atoms with E-state index >= 15 is 0 Å². The highest BCUT2D eigenvalue weighted by atomic mass is 79.9. The lowest BCUT2D eigenvalue weighted by atomic mass is 10.2. The summed E-state index contributed by atoms with van der Waals surface area (Å²) in [4.78, 5) is 15.2. The van der Waals surface area contributed by atoms with E-state index in [2.05, 4.69) is 26.2 Å². The number of nitrogen functional groups attached to an aromatic ring is 1. The van der Waals surface area contributed by atoms with Gasteiger partial charge in [-0.3, -0.25) is 4.79 Å². The number of nitrogens with two attached hydrogens (primary N) is 2. The second kappa shape index (κ2) is 5.71. The first kappa shape index (κ1) is 13.4. The quantitative estimate of drug-likeness (QED) is 0.804. The van der Waals surface area contributed by atoms with E-state index in [-0.39, 0.29) is 5.69 Å². The molecule has 1 amide bonds. The van der Waals surface area contributed by atoms with Crippen LogP contribution in [-0.2, 0) is 6.54 Å². The standard InChI is InChI=1S/C13H13BrN4O/c14-9-4-2-1-3-8(9)7-17-13-10(15)5-6-11(18-13)12(16)19/h1-6H,7,15H2,(H2,16,19)(H,17,18). The van der Waals surface area contributed by atoms with Gasteiger partial charge in [-0.05, 0) is 23.8 Å². The Morgan fingerprint density at radius 2 is 2.00 bits per heavy atom. The molecule has 2 rings (SSSR count). The first-order valence-corrected chi connectivity index (χ1v) is 6.41. The molecule has 0 spiro atoms. The average Bonchev–Trinajstić information content (AvgIpc) is 2.39. The number of nitrogens with zero attached hydrogens (tertiary/aromatic N) is 1. The fourth-order valence-electron chi connectivity index (χ4n) is 1.57. The van der Waals surface area contributed by atoms with Crippen molar-refractivity contribution < 1.29 is 4.79 Å². The summed E-state index contributed by atoms with van der Waals surface area (Å²) in [5, 5.41) is 3.09. The number of aromatic nitrogens is 1. The minimum Gasteiger partial charge on any atom is -0.396 e. The SMILES string of the molecule is NC(=O)c1ccc(N)c(NCc2ccccc2Br)n1. The summed E-state index contributed by atoms with van der Waals surface area (Å²) >= 11 is 3.46.